The number of carbonyl (C=O) groups excluding carboxylic acids is 1. The minimum Gasteiger partial charge on any atom is -0.340 e. The van der Waals surface area contributed by atoms with Crippen LogP contribution in [0.3, 0.4) is 0 Å². The van der Waals surface area contributed by atoms with E-state index >= 15 is 0 Å². The van der Waals surface area contributed by atoms with E-state index in [1.165, 1.54) is 12.3 Å². The Balaban J connectivity index is 1.43. The van der Waals surface area contributed by atoms with Crippen molar-refractivity contribution in [2.75, 3.05) is 13.6 Å². The average Bonchev–Trinajstić information content (AvgIpc) is 3.10. The Bertz CT molecular complexity index is 752. The smallest absolute Gasteiger partial charge is 0.273 e. The monoisotopic (exact) mass is 357 g/mol. The topological polar surface area (TPSA) is 70.2 Å². The largest absolute Gasteiger partial charge is 0.340 e. The van der Waals surface area contributed by atoms with Gasteiger partial charge in [-0.15, -0.1) is 0 Å². The number of hydrogen-bond donors (Lipinski definition) is 2. The minimum absolute atomic E-state index is 0.109. The van der Waals surface area contributed by atoms with E-state index in [2.05, 4.69) is 20.8 Å². The van der Waals surface area contributed by atoms with Crippen molar-refractivity contribution in [3.05, 3.63) is 59.4 Å². The third kappa shape index (κ3) is 4.62. The van der Waals surface area contributed by atoms with Gasteiger partial charge in [-0.05, 0) is 43.9 Å². The summed E-state index contributed by atoms with van der Waals surface area (Å²) >= 11 is 0. The Hall–Kier alpha value is -2.38. The highest BCUT2D eigenvalue weighted by Gasteiger charge is 2.25. The number of aromatic nitrogens is 2. The molecule has 0 bridgehead atoms. The first kappa shape index (κ1) is 18.4. The van der Waals surface area contributed by atoms with E-state index in [1.807, 2.05) is 13.0 Å². The predicted molar refractivity (Wildman–Crippen MR) is 96.8 cm³/mol. The molecule has 0 radical (unpaired) electrons. The standard InChI is InChI=1S/C19H24FN5O/c1-13-11-22-18(12-21-13)19(26)25(2)8-4-7-16-10-17(24-23-16)14-5-3-6-15(20)9-14/h3,5-6,9,11-12,16-17,23-24H,4,7-8,10H2,1-2H3. The van der Waals surface area contributed by atoms with Crippen molar-refractivity contribution < 1.29 is 9.18 Å². The molecule has 2 unspecified atom stereocenters. The van der Waals surface area contributed by atoms with Gasteiger partial charge in [0.1, 0.15) is 11.5 Å². The molecule has 1 amide bonds. The van der Waals surface area contributed by atoms with E-state index in [0.717, 1.165) is 30.5 Å². The SMILES string of the molecule is Cc1cnc(C(=O)N(C)CCCC2CC(c3cccc(F)c3)NN2)cn1. The molecule has 0 saturated carbocycles. The molecule has 1 aliphatic heterocycles. The second-order valence-electron chi connectivity index (χ2n) is 6.74. The van der Waals surface area contributed by atoms with E-state index in [1.54, 1.807) is 30.3 Å². The number of hydrazine groups is 1. The van der Waals surface area contributed by atoms with Crippen LogP contribution >= 0.6 is 0 Å². The first-order chi connectivity index (χ1) is 12.5. The molecule has 2 heterocycles. The fraction of sp³-hybridized carbons (Fsp3) is 0.421. The fourth-order valence-corrected chi connectivity index (χ4v) is 3.13. The van der Waals surface area contributed by atoms with Crippen LogP contribution in [-0.4, -0.2) is 40.4 Å². The summed E-state index contributed by atoms with van der Waals surface area (Å²) in [4.78, 5) is 22.2. The van der Waals surface area contributed by atoms with E-state index in [4.69, 9.17) is 0 Å². The normalized spacial score (nSPS) is 19.5. The highest BCUT2D eigenvalue weighted by molar-refractivity contribution is 5.91. The maximum atomic E-state index is 13.4. The molecule has 0 aliphatic carbocycles. The predicted octanol–water partition coefficient (Wildman–Crippen LogP) is 2.38. The summed E-state index contributed by atoms with van der Waals surface area (Å²) in [5, 5.41) is 0. The molecule has 2 atom stereocenters. The second-order valence-corrected chi connectivity index (χ2v) is 6.74. The molecule has 2 aromatic rings. The molecule has 7 heteroatoms. The van der Waals surface area contributed by atoms with Gasteiger partial charge in [0.25, 0.3) is 5.91 Å². The van der Waals surface area contributed by atoms with Gasteiger partial charge in [0.05, 0.1) is 11.9 Å². The summed E-state index contributed by atoms with van der Waals surface area (Å²) in [6, 6.07) is 7.09. The van der Waals surface area contributed by atoms with Crippen LogP contribution in [0.1, 0.15) is 47.1 Å². The van der Waals surface area contributed by atoms with Gasteiger partial charge in [-0.3, -0.25) is 20.6 Å². The van der Waals surface area contributed by atoms with Gasteiger partial charge in [-0.2, -0.15) is 0 Å². The molecule has 6 nitrogen and oxygen atoms in total. The average molecular weight is 357 g/mol. The van der Waals surface area contributed by atoms with Crippen molar-refractivity contribution in [2.45, 2.75) is 38.3 Å². The summed E-state index contributed by atoms with van der Waals surface area (Å²) < 4.78 is 13.4. The Morgan fingerprint density at radius 3 is 2.88 bits per heavy atom. The van der Waals surface area contributed by atoms with Gasteiger partial charge in [-0.25, -0.2) is 9.37 Å². The molecular weight excluding hydrogens is 333 g/mol. The number of benzene rings is 1. The molecule has 2 N–H and O–H groups in total. The van der Waals surface area contributed by atoms with Crippen molar-refractivity contribution in [3.63, 3.8) is 0 Å². The highest BCUT2D eigenvalue weighted by atomic mass is 19.1. The van der Waals surface area contributed by atoms with Crippen LogP contribution in [0.2, 0.25) is 0 Å². The number of hydrogen-bond acceptors (Lipinski definition) is 5. The number of aryl methyl sites for hydroxylation is 1. The lowest BCUT2D eigenvalue weighted by Gasteiger charge is -2.17. The fourth-order valence-electron chi connectivity index (χ4n) is 3.13. The van der Waals surface area contributed by atoms with Crippen LogP contribution < -0.4 is 10.9 Å². The maximum absolute atomic E-state index is 13.4. The number of nitrogens with zero attached hydrogens (tertiary/aromatic N) is 3. The van der Waals surface area contributed by atoms with Crippen LogP contribution in [0.4, 0.5) is 4.39 Å². The summed E-state index contributed by atoms with van der Waals surface area (Å²) in [6.45, 7) is 2.49. The van der Waals surface area contributed by atoms with Crippen molar-refractivity contribution in [3.8, 4) is 0 Å². The number of carbonyl (C=O) groups is 1. The summed E-state index contributed by atoms with van der Waals surface area (Å²) in [7, 11) is 1.78. The number of amides is 1. The van der Waals surface area contributed by atoms with Gasteiger partial charge in [0.2, 0.25) is 0 Å². The lowest BCUT2D eigenvalue weighted by atomic mass is 9.99. The van der Waals surface area contributed by atoms with Gasteiger partial charge in [-0.1, -0.05) is 12.1 Å². The Morgan fingerprint density at radius 2 is 2.15 bits per heavy atom. The molecule has 1 fully saturated rings. The van der Waals surface area contributed by atoms with Crippen molar-refractivity contribution in [1.82, 2.24) is 25.7 Å². The van der Waals surface area contributed by atoms with Crippen molar-refractivity contribution in [1.29, 1.82) is 0 Å². The number of halogens is 1. The minimum atomic E-state index is -0.216. The summed E-state index contributed by atoms with van der Waals surface area (Å²) in [6.07, 6.45) is 5.80. The number of nitrogens with one attached hydrogen (secondary N) is 2. The van der Waals surface area contributed by atoms with E-state index in [-0.39, 0.29) is 17.8 Å². The third-order valence-corrected chi connectivity index (χ3v) is 4.63. The summed E-state index contributed by atoms with van der Waals surface area (Å²) in [5.74, 6) is -0.334. The highest BCUT2D eigenvalue weighted by Crippen LogP contribution is 2.24. The van der Waals surface area contributed by atoms with Crippen LogP contribution in [0.25, 0.3) is 0 Å². The number of rotatable bonds is 6. The zero-order chi connectivity index (χ0) is 18.5. The Morgan fingerprint density at radius 1 is 1.31 bits per heavy atom. The van der Waals surface area contributed by atoms with E-state index in [9.17, 15) is 9.18 Å². The van der Waals surface area contributed by atoms with Crippen molar-refractivity contribution in [2.24, 2.45) is 0 Å². The molecule has 0 spiro atoms. The maximum Gasteiger partial charge on any atom is 0.273 e. The second kappa shape index (κ2) is 8.33. The molecule has 138 valence electrons. The lowest BCUT2D eigenvalue weighted by molar-refractivity contribution is 0.0785. The molecule has 1 aliphatic rings. The quantitative estimate of drug-likeness (QED) is 0.831. The molecule has 26 heavy (non-hydrogen) atoms. The van der Waals surface area contributed by atoms with Gasteiger partial charge < -0.3 is 4.90 Å². The molecule has 1 aromatic heterocycles. The van der Waals surface area contributed by atoms with E-state index < -0.39 is 0 Å². The van der Waals surface area contributed by atoms with Crippen molar-refractivity contribution >= 4 is 5.91 Å². The summed E-state index contributed by atoms with van der Waals surface area (Å²) in [5.41, 5.74) is 8.60. The van der Waals surface area contributed by atoms with Gasteiger partial charge >= 0.3 is 0 Å². The Kier molecular flexibility index (Phi) is 5.90. The van der Waals surface area contributed by atoms with Crippen LogP contribution in [0.15, 0.2) is 36.7 Å². The molecular formula is C19H24FN5O. The zero-order valence-electron chi connectivity index (χ0n) is 15.1. The third-order valence-electron chi connectivity index (χ3n) is 4.63. The van der Waals surface area contributed by atoms with Crippen LogP contribution in [-0.2, 0) is 0 Å². The first-order valence-corrected chi connectivity index (χ1v) is 8.83. The molecule has 1 aromatic carbocycles. The van der Waals surface area contributed by atoms with Gasteiger partial charge in [0.15, 0.2) is 0 Å². The Labute approximate surface area is 152 Å². The van der Waals surface area contributed by atoms with Crippen LogP contribution in [0, 0.1) is 12.7 Å². The molecule has 1 saturated heterocycles. The van der Waals surface area contributed by atoms with E-state index in [0.29, 0.717) is 18.3 Å². The lowest BCUT2D eigenvalue weighted by Crippen LogP contribution is -2.32. The first-order valence-electron chi connectivity index (χ1n) is 8.83. The van der Waals surface area contributed by atoms with Gasteiger partial charge in [0, 0.05) is 31.9 Å². The van der Waals surface area contributed by atoms with Crippen LogP contribution in [0.5, 0.6) is 0 Å². The molecule has 3 rings (SSSR count). The zero-order valence-corrected chi connectivity index (χ0v) is 15.1.